The number of carbonyl (C=O) groups excluding carboxylic acids is 1. The Bertz CT molecular complexity index is 736. The Balaban J connectivity index is 1.61. The van der Waals surface area contributed by atoms with Crippen molar-refractivity contribution in [3.8, 4) is 0 Å². The Kier molecular flexibility index (Phi) is 3.18. The fraction of sp³-hybridized carbons (Fsp3) is 0.438. The molecule has 1 unspecified atom stereocenters. The number of hydrogen-bond donors (Lipinski definition) is 0. The Morgan fingerprint density at radius 2 is 1.96 bits per heavy atom. The molecule has 0 N–H and O–H groups in total. The summed E-state index contributed by atoms with van der Waals surface area (Å²) in [5, 5.41) is 4.25. The van der Waals surface area contributed by atoms with Crippen molar-refractivity contribution in [2.75, 3.05) is 13.1 Å². The molecule has 3 heterocycles. The predicted molar refractivity (Wildman–Crippen MR) is 78.4 cm³/mol. The highest BCUT2D eigenvalue weighted by atomic mass is 19.3. The first-order valence-corrected chi connectivity index (χ1v) is 7.70. The summed E-state index contributed by atoms with van der Waals surface area (Å²) in [7, 11) is 0. The molecule has 4 rings (SSSR count). The van der Waals surface area contributed by atoms with Crippen LogP contribution in [0.5, 0.6) is 0 Å². The van der Waals surface area contributed by atoms with Gasteiger partial charge in [-0.1, -0.05) is 30.3 Å². The molecule has 7 heteroatoms. The number of nitrogens with zero attached hydrogens (tertiary/aromatic N) is 4. The first kappa shape index (κ1) is 14.3. The first-order valence-electron chi connectivity index (χ1n) is 7.70. The van der Waals surface area contributed by atoms with Gasteiger partial charge in [-0.15, -0.1) is 5.10 Å². The zero-order chi connectivity index (χ0) is 16.0. The average Bonchev–Trinajstić information content (AvgIpc) is 2.96. The molecule has 0 radical (unpaired) electrons. The summed E-state index contributed by atoms with van der Waals surface area (Å²) in [6.07, 6.45) is 1.89. The molecular weight excluding hydrogens is 302 g/mol. The van der Waals surface area contributed by atoms with E-state index in [1.807, 2.05) is 30.3 Å². The van der Waals surface area contributed by atoms with Gasteiger partial charge in [-0.2, -0.15) is 0 Å². The van der Waals surface area contributed by atoms with Gasteiger partial charge in [-0.25, -0.2) is 18.4 Å². The molecule has 1 fully saturated rings. The molecule has 0 bridgehead atoms. The molecular formula is C16H16F2N4O. The van der Waals surface area contributed by atoms with Gasteiger partial charge < -0.3 is 4.90 Å². The van der Waals surface area contributed by atoms with E-state index in [0.717, 1.165) is 29.1 Å². The van der Waals surface area contributed by atoms with Crippen LogP contribution in [0.25, 0.3) is 0 Å². The third-order valence-electron chi connectivity index (χ3n) is 4.40. The number of aromatic nitrogens is 3. The Labute approximate surface area is 131 Å². The van der Waals surface area contributed by atoms with Crippen LogP contribution in [0.1, 0.15) is 40.8 Å². The van der Waals surface area contributed by atoms with Gasteiger partial charge in [-0.05, 0) is 18.4 Å². The number of fused-ring (bicyclic) bond motifs is 1. The lowest BCUT2D eigenvalue weighted by atomic mass is 9.91. The number of rotatable bonds is 2. The van der Waals surface area contributed by atoms with E-state index in [1.54, 1.807) is 4.68 Å². The average molecular weight is 318 g/mol. The molecule has 0 saturated carbocycles. The molecule has 1 atom stereocenters. The predicted octanol–water partition coefficient (Wildman–Crippen LogP) is 2.29. The van der Waals surface area contributed by atoms with E-state index in [2.05, 4.69) is 10.1 Å². The van der Waals surface area contributed by atoms with E-state index in [1.165, 1.54) is 0 Å². The van der Waals surface area contributed by atoms with E-state index in [4.69, 9.17) is 0 Å². The number of hydrogen-bond acceptors (Lipinski definition) is 3. The molecule has 0 spiro atoms. The van der Waals surface area contributed by atoms with Gasteiger partial charge in [0.15, 0.2) is 0 Å². The first-order chi connectivity index (χ1) is 11.0. The van der Waals surface area contributed by atoms with Crippen molar-refractivity contribution in [1.29, 1.82) is 0 Å². The zero-order valence-electron chi connectivity index (χ0n) is 12.5. The molecule has 5 nitrogen and oxygen atoms in total. The number of amides is 1. The number of carbonyl (C=O) groups is 1. The van der Waals surface area contributed by atoms with Gasteiger partial charge in [-0.3, -0.25) is 4.79 Å². The largest absolute Gasteiger partial charge is 0.324 e. The summed E-state index contributed by atoms with van der Waals surface area (Å²) >= 11 is 0. The van der Waals surface area contributed by atoms with Gasteiger partial charge in [0.05, 0.1) is 13.1 Å². The molecule has 1 aromatic heterocycles. The third kappa shape index (κ3) is 2.50. The van der Waals surface area contributed by atoms with Gasteiger partial charge >= 0.3 is 0 Å². The standard InChI is InChI=1S/C16H16F2N4O/c17-16(18)9-21(10-16)15(23)13-19-14-12(7-4-8-22(14)20-13)11-5-2-1-3-6-11/h1-3,5-6,12H,4,7-10H2. The van der Waals surface area contributed by atoms with Crippen molar-refractivity contribution < 1.29 is 13.6 Å². The minimum Gasteiger partial charge on any atom is -0.324 e. The Morgan fingerprint density at radius 3 is 2.65 bits per heavy atom. The number of alkyl halides is 2. The highest BCUT2D eigenvalue weighted by Crippen LogP contribution is 2.33. The maximum absolute atomic E-state index is 12.9. The lowest BCUT2D eigenvalue weighted by molar-refractivity contribution is -0.113. The van der Waals surface area contributed by atoms with Crippen LogP contribution in [0.3, 0.4) is 0 Å². The van der Waals surface area contributed by atoms with Crippen molar-refractivity contribution in [2.45, 2.75) is 31.2 Å². The topological polar surface area (TPSA) is 51.0 Å². The SMILES string of the molecule is O=C(c1nc2n(n1)CCCC2c1ccccc1)N1CC(F)(F)C1. The van der Waals surface area contributed by atoms with Crippen LogP contribution in [0.2, 0.25) is 0 Å². The van der Waals surface area contributed by atoms with Gasteiger partial charge in [0.1, 0.15) is 5.82 Å². The monoisotopic (exact) mass is 318 g/mol. The third-order valence-corrected chi connectivity index (χ3v) is 4.40. The highest BCUT2D eigenvalue weighted by Gasteiger charge is 2.47. The molecule has 1 saturated heterocycles. The van der Waals surface area contributed by atoms with Gasteiger partial charge in [0.25, 0.3) is 11.8 Å². The van der Waals surface area contributed by atoms with E-state index >= 15 is 0 Å². The summed E-state index contributed by atoms with van der Waals surface area (Å²) in [4.78, 5) is 17.7. The van der Waals surface area contributed by atoms with Crippen molar-refractivity contribution in [3.05, 3.63) is 47.5 Å². The summed E-state index contributed by atoms with van der Waals surface area (Å²) in [6, 6.07) is 9.97. The van der Waals surface area contributed by atoms with Crippen LogP contribution in [0.4, 0.5) is 8.78 Å². The minimum atomic E-state index is -2.78. The normalized spacial score (nSPS) is 22.3. The van der Waals surface area contributed by atoms with Crippen molar-refractivity contribution >= 4 is 5.91 Å². The minimum absolute atomic E-state index is 0.0262. The zero-order valence-corrected chi connectivity index (χ0v) is 12.5. The van der Waals surface area contributed by atoms with Crippen LogP contribution in [0.15, 0.2) is 30.3 Å². The Morgan fingerprint density at radius 1 is 1.22 bits per heavy atom. The van der Waals surface area contributed by atoms with Crippen LogP contribution >= 0.6 is 0 Å². The molecule has 2 aliphatic rings. The number of benzene rings is 1. The highest BCUT2D eigenvalue weighted by molar-refractivity contribution is 5.91. The second-order valence-corrected chi connectivity index (χ2v) is 6.14. The van der Waals surface area contributed by atoms with E-state index in [-0.39, 0.29) is 11.7 Å². The number of aryl methyl sites for hydroxylation is 1. The lowest BCUT2D eigenvalue weighted by Gasteiger charge is -2.37. The summed E-state index contributed by atoms with van der Waals surface area (Å²) in [6.45, 7) is -0.384. The van der Waals surface area contributed by atoms with Crippen molar-refractivity contribution in [2.24, 2.45) is 0 Å². The maximum atomic E-state index is 12.9. The van der Waals surface area contributed by atoms with Crippen LogP contribution in [-0.2, 0) is 6.54 Å². The number of likely N-dealkylation sites (tertiary alicyclic amines) is 1. The van der Waals surface area contributed by atoms with E-state index < -0.39 is 24.9 Å². The summed E-state index contributed by atoms with van der Waals surface area (Å²) in [5.41, 5.74) is 1.13. The van der Waals surface area contributed by atoms with Crippen LogP contribution in [-0.4, -0.2) is 44.6 Å². The molecule has 1 aromatic carbocycles. The van der Waals surface area contributed by atoms with Crippen LogP contribution < -0.4 is 0 Å². The molecule has 23 heavy (non-hydrogen) atoms. The van der Waals surface area contributed by atoms with E-state index in [9.17, 15) is 13.6 Å². The fourth-order valence-corrected chi connectivity index (χ4v) is 3.24. The smallest absolute Gasteiger partial charge is 0.293 e. The summed E-state index contributed by atoms with van der Waals surface area (Å²) in [5.74, 6) is -2.42. The molecule has 2 aliphatic heterocycles. The molecule has 120 valence electrons. The quantitative estimate of drug-likeness (QED) is 0.854. The molecule has 0 aliphatic carbocycles. The lowest BCUT2D eigenvalue weighted by Crippen LogP contribution is -2.58. The second kappa shape index (κ2) is 5.11. The van der Waals surface area contributed by atoms with Crippen molar-refractivity contribution in [3.63, 3.8) is 0 Å². The van der Waals surface area contributed by atoms with Gasteiger partial charge in [0.2, 0.25) is 5.82 Å². The molecule has 1 amide bonds. The van der Waals surface area contributed by atoms with Crippen molar-refractivity contribution in [1.82, 2.24) is 19.7 Å². The second-order valence-electron chi connectivity index (χ2n) is 6.14. The van der Waals surface area contributed by atoms with Crippen LogP contribution in [0, 0.1) is 0 Å². The number of halogens is 2. The summed E-state index contributed by atoms with van der Waals surface area (Å²) < 4.78 is 27.6. The fourth-order valence-electron chi connectivity index (χ4n) is 3.24. The van der Waals surface area contributed by atoms with Gasteiger partial charge in [0, 0.05) is 12.5 Å². The van der Waals surface area contributed by atoms with E-state index in [0.29, 0.717) is 6.54 Å². The molecule has 2 aromatic rings. The Hall–Kier alpha value is -2.31. The maximum Gasteiger partial charge on any atom is 0.293 e.